The molecule has 1 amide bonds. The normalized spacial score (nSPS) is 28.8. The number of thioether (sulfide) groups is 1. The van der Waals surface area contributed by atoms with E-state index >= 15 is 0 Å². The Morgan fingerprint density at radius 2 is 1.95 bits per heavy atom. The largest absolute Gasteiger partial charge is 0.318 e. The Labute approximate surface area is 118 Å². The van der Waals surface area contributed by atoms with E-state index in [4.69, 9.17) is 0 Å². The van der Waals surface area contributed by atoms with E-state index in [2.05, 4.69) is 49.7 Å². The average molecular weight is 276 g/mol. The summed E-state index contributed by atoms with van der Waals surface area (Å²) in [4.78, 5) is 15.4. The van der Waals surface area contributed by atoms with E-state index in [9.17, 15) is 4.79 Å². The maximum absolute atomic E-state index is 12.1. The zero-order valence-electron chi connectivity index (χ0n) is 11.6. The topological polar surface area (TPSA) is 32.3 Å². The summed E-state index contributed by atoms with van der Waals surface area (Å²) in [5, 5.41) is 3.34. The van der Waals surface area contributed by atoms with Crippen molar-refractivity contribution in [3.05, 3.63) is 29.8 Å². The van der Waals surface area contributed by atoms with Crippen LogP contribution in [0.1, 0.15) is 32.0 Å². The summed E-state index contributed by atoms with van der Waals surface area (Å²) in [7, 11) is 0. The first-order valence-electron chi connectivity index (χ1n) is 6.71. The summed E-state index contributed by atoms with van der Waals surface area (Å²) in [6, 6.07) is 8.90. The fourth-order valence-corrected chi connectivity index (χ4v) is 3.26. The number of carbonyl (C=O) groups is 1. The summed E-state index contributed by atoms with van der Waals surface area (Å²) >= 11 is 1.74. The van der Waals surface area contributed by atoms with Crippen LogP contribution in [-0.2, 0) is 4.79 Å². The third kappa shape index (κ3) is 2.28. The fourth-order valence-electron chi connectivity index (χ4n) is 2.85. The van der Waals surface area contributed by atoms with Crippen molar-refractivity contribution in [2.45, 2.75) is 37.4 Å². The highest BCUT2D eigenvalue weighted by Gasteiger charge is 2.54. The number of rotatable bonds is 3. The van der Waals surface area contributed by atoms with Crippen LogP contribution in [0.25, 0.3) is 0 Å². The van der Waals surface area contributed by atoms with Crippen LogP contribution in [0.15, 0.2) is 29.2 Å². The predicted molar refractivity (Wildman–Crippen MR) is 78.0 cm³/mol. The van der Waals surface area contributed by atoms with E-state index in [0.29, 0.717) is 12.6 Å². The summed E-state index contributed by atoms with van der Waals surface area (Å²) in [6.07, 6.45) is 3.24. The van der Waals surface area contributed by atoms with Gasteiger partial charge in [-0.2, -0.15) is 0 Å². The first kappa shape index (κ1) is 13.0. The van der Waals surface area contributed by atoms with E-state index in [1.165, 1.54) is 10.5 Å². The Bertz CT molecular complexity index is 497. The lowest BCUT2D eigenvalue weighted by molar-refractivity contribution is -0.129. The van der Waals surface area contributed by atoms with Crippen molar-refractivity contribution >= 4 is 17.7 Å². The molecule has 2 aliphatic rings. The molecule has 102 valence electrons. The monoisotopic (exact) mass is 276 g/mol. The zero-order valence-corrected chi connectivity index (χ0v) is 12.5. The Morgan fingerprint density at radius 1 is 1.32 bits per heavy atom. The number of hydrogen-bond acceptors (Lipinski definition) is 3. The van der Waals surface area contributed by atoms with Gasteiger partial charge in [0.15, 0.2) is 0 Å². The number of carbonyl (C=O) groups excluding carboxylic acids is 1. The Kier molecular flexibility index (Phi) is 3.10. The number of amides is 1. The molecule has 2 fully saturated rings. The highest BCUT2D eigenvalue weighted by molar-refractivity contribution is 7.98. The second kappa shape index (κ2) is 4.53. The Morgan fingerprint density at radius 3 is 2.47 bits per heavy atom. The van der Waals surface area contributed by atoms with Crippen LogP contribution in [0.5, 0.6) is 0 Å². The summed E-state index contributed by atoms with van der Waals surface area (Å²) in [5.74, 6) is 0.231. The molecule has 19 heavy (non-hydrogen) atoms. The van der Waals surface area contributed by atoms with Gasteiger partial charge in [-0.25, -0.2) is 0 Å². The van der Waals surface area contributed by atoms with Crippen LogP contribution in [-0.4, -0.2) is 29.6 Å². The summed E-state index contributed by atoms with van der Waals surface area (Å²) in [5.41, 5.74) is 1.46. The summed E-state index contributed by atoms with van der Waals surface area (Å²) < 4.78 is 0. The minimum atomic E-state index is 0.0511. The molecule has 1 heterocycles. The highest BCUT2D eigenvalue weighted by atomic mass is 32.2. The molecule has 1 N–H and O–H groups in total. The standard InChI is InChI=1S/C15H20N2OS/c1-15(2)8-12(15)17-13(18)9-16-14(17)10-4-6-11(19-3)7-5-10/h4-7,12,14,16H,8-9H2,1-3H3. The molecule has 3 nitrogen and oxygen atoms in total. The van der Waals surface area contributed by atoms with Crippen molar-refractivity contribution in [2.24, 2.45) is 5.41 Å². The van der Waals surface area contributed by atoms with Crippen molar-refractivity contribution in [3.8, 4) is 0 Å². The molecular formula is C15H20N2OS. The molecule has 1 aliphatic carbocycles. The lowest BCUT2D eigenvalue weighted by Gasteiger charge is -2.26. The average Bonchev–Trinajstić information content (AvgIpc) is 2.85. The minimum Gasteiger partial charge on any atom is -0.318 e. The molecule has 1 aliphatic heterocycles. The lowest BCUT2D eigenvalue weighted by atomic mass is 10.1. The second-order valence-corrected chi connectivity index (χ2v) is 6.95. The van der Waals surface area contributed by atoms with E-state index in [1.54, 1.807) is 11.8 Å². The fraction of sp³-hybridized carbons (Fsp3) is 0.533. The first-order chi connectivity index (χ1) is 9.03. The van der Waals surface area contributed by atoms with Crippen LogP contribution >= 0.6 is 11.8 Å². The second-order valence-electron chi connectivity index (χ2n) is 6.07. The van der Waals surface area contributed by atoms with Crippen LogP contribution in [0.3, 0.4) is 0 Å². The van der Waals surface area contributed by atoms with Gasteiger partial charge >= 0.3 is 0 Å². The van der Waals surface area contributed by atoms with Crippen LogP contribution in [0.2, 0.25) is 0 Å². The molecule has 1 aromatic carbocycles. The molecule has 1 saturated carbocycles. The molecule has 1 aromatic rings. The third-order valence-corrected chi connectivity index (χ3v) is 4.99. The van der Waals surface area contributed by atoms with Gasteiger partial charge < -0.3 is 4.90 Å². The van der Waals surface area contributed by atoms with Crippen LogP contribution in [0.4, 0.5) is 0 Å². The summed E-state index contributed by atoms with van der Waals surface area (Å²) in [6.45, 7) is 4.93. The van der Waals surface area contributed by atoms with Gasteiger partial charge in [0, 0.05) is 10.9 Å². The molecule has 0 aromatic heterocycles. The Hall–Kier alpha value is -1.00. The van der Waals surface area contributed by atoms with Crippen LogP contribution in [0, 0.1) is 5.41 Å². The van der Waals surface area contributed by atoms with Crippen molar-refractivity contribution in [1.29, 1.82) is 0 Å². The number of benzene rings is 1. The molecular weight excluding hydrogens is 256 g/mol. The molecule has 0 spiro atoms. The van der Waals surface area contributed by atoms with Gasteiger partial charge in [-0.1, -0.05) is 26.0 Å². The van der Waals surface area contributed by atoms with E-state index < -0.39 is 0 Å². The maximum atomic E-state index is 12.1. The van der Waals surface area contributed by atoms with Crippen molar-refractivity contribution in [1.82, 2.24) is 10.2 Å². The van der Waals surface area contributed by atoms with Gasteiger partial charge in [0.25, 0.3) is 0 Å². The predicted octanol–water partition coefficient (Wildman–Crippen LogP) is 2.64. The van der Waals surface area contributed by atoms with Crippen molar-refractivity contribution in [2.75, 3.05) is 12.8 Å². The minimum absolute atomic E-state index is 0.0511. The number of nitrogens with zero attached hydrogens (tertiary/aromatic N) is 1. The third-order valence-electron chi connectivity index (χ3n) is 4.24. The van der Waals surface area contributed by atoms with E-state index in [-0.39, 0.29) is 17.5 Å². The smallest absolute Gasteiger partial charge is 0.238 e. The van der Waals surface area contributed by atoms with Gasteiger partial charge in [-0.3, -0.25) is 10.1 Å². The lowest BCUT2D eigenvalue weighted by Crippen LogP contribution is -2.34. The molecule has 1 saturated heterocycles. The van der Waals surface area contributed by atoms with Crippen molar-refractivity contribution < 1.29 is 4.79 Å². The van der Waals surface area contributed by atoms with E-state index in [1.807, 2.05) is 4.90 Å². The maximum Gasteiger partial charge on any atom is 0.238 e. The van der Waals surface area contributed by atoms with Gasteiger partial charge in [-0.15, -0.1) is 11.8 Å². The zero-order chi connectivity index (χ0) is 13.6. The van der Waals surface area contributed by atoms with Gasteiger partial charge in [-0.05, 0) is 35.8 Å². The van der Waals surface area contributed by atoms with Crippen molar-refractivity contribution in [3.63, 3.8) is 0 Å². The number of nitrogens with one attached hydrogen (secondary N) is 1. The van der Waals surface area contributed by atoms with Crippen LogP contribution < -0.4 is 5.32 Å². The molecule has 4 heteroatoms. The first-order valence-corrected chi connectivity index (χ1v) is 7.94. The highest BCUT2D eigenvalue weighted by Crippen LogP contribution is 2.51. The Balaban J connectivity index is 1.84. The quantitative estimate of drug-likeness (QED) is 0.861. The molecule has 2 atom stereocenters. The van der Waals surface area contributed by atoms with Gasteiger partial charge in [0.05, 0.1) is 6.54 Å². The SMILES string of the molecule is CSc1ccc(C2NCC(=O)N2C2CC2(C)C)cc1. The van der Waals surface area contributed by atoms with Gasteiger partial charge in [0.2, 0.25) is 5.91 Å². The molecule has 0 bridgehead atoms. The molecule has 2 unspecified atom stereocenters. The molecule has 3 rings (SSSR count). The van der Waals surface area contributed by atoms with Gasteiger partial charge in [0.1, 0.15) is 6.17 Å². The van der Waals surface area contributed by atoms with E-state index in [0.717, 1.165) is 6.42 Å². The number of hydrogen-bond donors (Lipinski definition) is 1. The molecule has 0 radical (unpaired) electrons.